The fourth-order valence-corrected chi connectivity index (χ4v) is 5.90. The summed E-state index contributed by atoms with van der Waals surface area (Å²) >= 11 is 1.88. The van der Waals surface area contributed by atoms with Crippen LogP contribution < -0.4 is 5.32 Å². The predicted molar refractivity (Wildman–Crippen MR) is 141 cm³/mol. The van der Waals surface area contributed by atoms with Crippen LogP contribution in [-0.2, 0) is 4.74 Å². The molecule has 3 atom stereocenters. The van der Waals surface area contributed by atoms with Crippen molar-refractivity contribution in [3.05, 3.63) is 57.8 Å². The molecule has 2 aliphatic heterocycles. The summed E-state index contributed by atoms with van der Waals surface area (Å²) < 4.78 is 6.11. The van der Waals surface area contributed by atoms with E-state index >= 15 is 0 Å². The van der Waals surface area contributed by atoms with E-state index in [0.717, 1.165) is 32.2 Å². The molecule has 0 bridgehead atoms. The van der Waals surface area contributed by atoms with Gasteiger partial charge in [0.25, 0.3) is 0 Å². The van der Waals surface area contributed by atoms with Gasteiger partial charge in [-0.2, -0.15) is 0 Å². The van der Waals surface area contributed by atoms with Crippen LogP contribution in [0.15, 0.2) is 46.8 Å². The van der Waals surface area contributed by atoms with Crippen LogP contribution in [0.5, 0.6) is 0 Å². The van der Waals surface area contributed by atoms with Gasteiger partial charge in [0, 0.05) is 31.1 Å². The number of hydrogen-bond acceptors (Lipinski definition) is 4. The van der Waals surface area contributed by atoms with Crippen LogP contribution in [0.25, 0.3) is 0 Å². The van der Waals surface area contributed by atoms with Gasteiger partial charge >= 0.3 is 0 Å². The Morgan fingerprint density at radius 2 is 2.06 bits per heavy atom. The van der Waals surface area contributed by atoms with Crippen LogP contribution in [0.1, 0.15) is 41.0 Å². The van der Waals surface area contributed by atoms with Gasteiger partial charge in [-0.1, -0.05) is 30.3 Å². The lowest BCUT2D eigenvalue weighted by atomic mass is 9.88. The smallest absolute Gasteiger partial charge is 0.193 e. The van der Waals surface area contributed by atoms with Crippen molar-refractivity contribution in [2.75, 3.05) is 46.9 Å². The summed E-state index contributed by atoms with van der Waals surface area (Å²) in [5.41, 5.74) is 2.57. The zero-order valence-corrected chi connectivity index (χ0v) is 21.9. The number of morpholine rings is 1. The lowest BCUT2D eigenvalue weighted by Gasteiger charge is -2.40. The molecule has 0 aliphatic carbocycles. The Morgan fingerprint density at radius 3 is 2.81 bits per heavy atom. The molecule has 2 saturated heterocycles. The van der Waals surface area contributed by atoms with E-state index in [1.807, 2.05) is 18.4 Å². The number of nitrogens with one attached hydrogen (secondary N) is 1. The van der Waals surface area contributed by atoms with Gasteiger partial charge in [-0.15, -0.1) is 35.3 Å². The number of likely N-dealkylation sites (tertiary alicyclic amines) is 1. The van der Waals surface area contributed by atoms with Gasteiger partial charge in [0.05, 0.1) is 13.2 Å². The average molecular weight is 555 g/mol. The highest BCUT2D eigenvalue weighted by atomic mass is 127. The molecule has 1 N–H and O–H groups in total. The van der Waals surface area contributed by atoms with Crippen LogP contribution in [0.4, 0.5) is 0 Å². The summed E-state index contributed by atoms with van der Waals surface area (Å²) in [5.74, 6) is 1.59. The predicted octanol–water partition coefficient (Wildman–Crippen LogP) is 4.71. The molecule has 7 heteroatoms. The fourth-order valence-electron chi connectivity index (χ4n) is 4.92. The number of halogens is 1. The molecule has 31 heavy (non-hydrogen) atoms. The number of rotatable bonds is 4. The number of hydrogen-bond donors (Lipinski definition) is 1. The van der Waals surface area contributed by atoms with Crippen molar-refractivity contribution in [2.24, 2.45) is 10.9 Å². The van der Waals surface area contributed by atoms with E-state index < -0.39 is 0 Å². The summed E-state index contributed by atoms with van der Waals surface area (Å²) in [7, 11) is 4.16. The molecule has 2 aromatic rings. The normalized spacial score (nSPS) is 25.2. The number of guanidine groups is 1. The van der Waals surface area contributed by atoms with Crippen molar-refractivity contribution in [2.45, 2.75) is 31.9 Å². The van der Waals surface area contributed by atoms with Crippen LogP contribution in [-0.4, -0.2) is 62.6 Å². The molecule has 3 heterocycles. The number of thiophene rings is 1. The van der Waals surface area contributed by atoms with E-state index in [-0.39, 0.29) is 30.1 Å². The Morgan fingerprint density at radius 1 is 1.23 bits per heavy atom. The molecule has 2 aliphatic rings. The second-order valence-electron chi connectivity index (χ2n) is 8.43. The maximum absolute atomic E-state index is 6.11. The van der Waals surface area contributed by atoms with Crippen molar-refractivity contribution < 1.29 is 4.74 Å². The van der Waals surface area contributed by atoms with E-state index in [1.165, 1.54) is 35.4 Å². The van der Waals surface area contributed by atoms with Crippen molar-refractivity contribution in [3.63, 3.8) is 0 Å². The summed E-state index contributed by atoms with van der Waals surface area (Å²) in [6.45, 7) is 6.73. The molecule has 0 spiro atoms. The van der Waals surface area contributed by atoms with Gasteiger partial charge in [0.15, 0.2) is 5.96 Å². The Kier molecular flexibility index (Phi) is 9.18. The highest BCUT2D eigenvalue weighted by Crippen LogP contribution is 2.36. The van der Waals surface area contributed by atoms with Crippen molar-refractivity contribution in [1.82, 2.24) is 15.1 Å². The first-order valence-corrected chi connectivity index (χ1v) is 11.9. The number of aliphatic imine (C=N–C) groups is 1. The van der Waals surface area contributed by atoms with Gasteiger partial charge in [-0.25, -0.2) is 0 Å². The first-order chi connectivity index (χ1) is 14.7. The summed E-state index contributed by atoms with van der Waals surface area (Å²) in [6.07, 6.45) is 2.61. The topological polar surface area (TPSA) is 40.1 Å². The molecular weight excluding hydrogens is 519 g/mol. The lowest BCUT2D eigenvalue weighted by Crippen LogP contribution is -2.50. The maximum atomic E-state index is 6.11. The van der Waals surface area contributed by atoms with Crippen molar-refractivity contribution >= 4 is 41.3 Å². The Hall–Kier alpha value is -1.16. The number of nitrogens with zero attached hydrogens (tertiary/aromatic N) is 3. The van der Waals surface area contributed by atoms with E-state index in [1.54, 1.807) is 0 Å². The van der Waals surface area contributed by atoms with E-state index in [2.05, 4.69) is 75.9 Å². The van der Waals surface area contributed by atoms with Gasteiger partial charge in [0.2, 0.25) is 0 Å². The van der Waals surface area contributed by atoms with Crippen LogP contribution >= 0.6 is 35.3 Å². The van der Waals surface area contributed by atoms with Gasteiger partial charge < -0.3 is 15.0 Å². The minimum Gasteiger partial charge on any atom is -0.370 e. The minimum atomic E-state index is 0. The third-order valence-electron chi connectivity index (χ3n) is 6.48. The van der Waals surface area contributed by atoms with E-state index in [0.29, 0.717) is 12.0 Å². The molecule has 0 saturated carbocycles. The number of aryl methyl sites for hydroxylation is 1. The maximum Gasteiger partial charge on any atom is 0.193 e. The Balaban J connectivity index is 0.00000272. The van der Waals surface area contributed by atoms with Crippen LogP contribution in [0.2, 0.25) is 0 Å². The first-order valence-electron chi connectivity index (χ1n) is 11.0. The van der Waals surface area contributed by atoms with Crippen LogP contribution in [0, 0.1) is 12.8 Å². The highest BCUT2D eigenvalue weighted by molar-refractivity contribution is 14.0. The Labute approximate surface area is 207 Å². The van der Waals surface area contributed by atoms with Gasteiger partial charge in [0.1, 0.15) is 6.10 Å². The molecule has 1 aromatic heterocycles. The molecule has 0 radical (unpaired) electrons. The molecule has 2 fully saturated rings. The van der Waals surface area contributed by atoms with Gasteiger partial charge in [-0.3, -0.25) is 9.89 Å². The van der Waals surface area contributed by atoms with Crippen LogP contribution in [0.3, 0.4) is 0 Å². The third-order valence-corrected chi connectivity index (χ3v) is 7.42. The zero-order chi connectivity index (χ0) is 20.9. The largest absolute Gasteiger partial charge is 0.370 e. The van der Waals surface area contributed by atoms with Crippen molar-refractivity contribution in [3.8, 4) is 0 Å². The SMILES string of the molecule is CN=C(NCC1CCCN(C)C1c1cccs1)N1CCOC(c2ccccc2C)C1.I. The number of benzene rings is 1. The molecule has 3 unspecified atom stereocenters. The summed E-state index contributed by atoms with van der Waals surface area (Å²) in [6, 6.07) is 13.5. The standard InChI is InChI=1S/C24H34N4OS.HI/c1-18-8-4-5-10-20(18)21-17-28(13-14-29-21)24(25-2)26-16-19-9-6-12-27(3)23(19)22-11-7-15-30-22;/h4-5,7-8,10-11,15,19,21,23H,6,9,12-14,16-17H2,1-3H3,(H,25,26);1H. The summed E-state index contributed by atoms with van der Waals surface area (Å²) in [5, 5.41) is 5.90. The molecular formula is C24H35IN4OS. The first kappa shape index (κ1) is 24.5. The van der Waals surface area contributed by atoms with E-state index in [4.69, 9.17) is 4.74 Å². The molecule has 170 valence electrons. The summed E-state index contributed by atoms with van der Waals surface area (Å²) in [4.78, 5) is 11.0. The molecule has 5 nitrogen and oxygen atoms in total. The monoisotopic (exact) mass is 554 g/mol. The number of ether oxygens (including phenoxy) is 1. The second-order valence-corrected chi connectivity index (χ2v) is 9.41. The lowest BCUT2D eigenvalue weighted by molar-refractivity contribution is -0.00850. The third kappa shape index (κ3) is 5.80. The molecule has 1 aromatic carbocycles. The highest BCUT2D eigenvalue weighted by Gasteiger charge is 2.32. The number of piperidine rings is 1. The van der Waals surface area contributed by atoms with Crippen molar-refractivity contribution in [1.29, 1.82) is 0 Å². The quantitative estimate of drug-likeness (QED) is 0.338. The zero-order valence-electron chi connectivity index (χ0n) is 18.8. The molecule has 0 amide bonds. The van der Waals surface area contributed by atoms with E-state index in [9.17, 15) is 0 Å². The fraction of sp³-hybridized carbons (Fsp3) is 0.542. The minimum absolute atomic E-state index is 0. The second kappa shape index (κ2) is 11.6. The molecule has 4 rings (SSSR count). The average Bonchev–Trinajstić information content (AvgIpc) is 3.29. The van der Waals surface area contributed by atoms with Gasteiger partial charge in [-0.05, 0) is 61.8 Å². The Bertz CT molecular complexity index is 844.